The van der Waals surface area contributed by atoms with Gasteiger partial charge in [-0.05, 0) is 0 Å². The number of carbonyl (C=O) groups is 1. The summed E-state index contributed by atoms with van der Waals surface area (Å²) in [5, 5.41) is 12.4. The fourth-order valence-electron chi connectivity index (χ4n) is 1.31. The molecular weight excluding hydrogens is 313 g/mol. The van der Waals surface area contributed by atoms with Gasteiger partial charge >= 0.3 is 97.7 Å². The van der Waals surface area contributed by atoms with Crippen LogP contribution in [0.5, 0.6) is 0 Å². The van der Waals surface area contributed by atoms with Gasteiger partial charge in [0, 0.05) is 0 Å². The van der Waals surface area contributed by atoms with Gasteiger partial charge in [0.05, 0.1) is 0 Å². The Hall–Kier alpha value is -1.20. The zero-order chi connectivity index (χ0) is 12.3. The maximum atomic E-state index is 11.0. The van der Waals surface area contributed by atoms with E-state index in [1.807, 2.05) is 6.07 Å². The molecule has 0 aliphatic carbocycles. The Bertz CT molecular complexity index is 473. The number of aromatic carboxylic acids is 1. The summed E-state index contributed by atoms with van der Waals surface area (Å²) in [6.45, 7) is 0. The van der Waals surface area contributed by atoms with Crippen LogP contribution in [0, 0.1) is 0 Å². The fraction of sp³-hybridized carbons (Fsp3) is 0.300. The average molecular weight is 326 g/mol. The second kappa shape index (κ2) is 4.76. The van der Waals surface area contributed by atoms with Gasteiger partial charge in [0.25, 0.3) is 0 Å². The van der Waals surface area contributed by atoms with Crippen LogP contribution >= 0.6 is 0 Å². The Balaban J connectivity index is 3.39. The van der Waals surface area contributed by atoms with Crippen molar-refractivity contribution in [1.29, 1.82) is 0 Å². The third-order valence-corrected chi connectivity index (χ3v) is 8.08. The van der Waals surface area contributed by atoms with E-state index in [-0.39, 0.29) is 11.3 Å². The third-order valence-electron chi connectivity index (χ3n) is 2.25. The quantitative estimate of drug-likeness (QED) is 0.401. The maximum absolute atomic E-state index is 11.0. The van der Waals surface area contributed by atoms with Gasteiger partial charge in [-0.25, -0.2) is 0 Å². The molecule has 0 amide bonds. The van der Waals surface area contributed by atoms with E-state index in [0.29, 0.717) is 0 Å². The standard InChI is InChI=1S/C7H4N3O2.3CH3.Sn/c8-10-9-6-4-2-1-3-5(6)7(11)12;;;;/h2-4H,(H,11,12);3*1H3;. The number of benzene rings is 1. The first-order valence-electron chi connectivity index (χ1n) is 4.79. The first-order valence-corrected chi connectivity index (χ1v) is 14.8. The molecule has 84 valence electrons. The van der Waals surface area contributed by atoms with Gasteiger partial charge in [-0.15, -0.1) is 0 Å². The summed E-state index contributed by atoms with van der Waals surface area (Å²) in [6.07, 6.45) is 0. The van der Waals surface area contributed by atoms with Crippen LogP contribution in [0.15, 0.2) is 23.3 Å². The summed E-state index contributed by atoms with van der Waals surface area (Å²) in [5.74, 6) is -1.06. The van der Waals surface area contributed by atoms with Crippen LogP contribution in [-0.2, 0) is 0 Å². The van der Waals surface area contributed by atoms with Gasteiger partial charge in [0.15, 0.2) is 0 Å². The summed E-state index contributed by atoms with van der Waals surface area (Å²) >= 11 is -2.28. The van der Waals surface area contributed by atoms with Gasteiger partial charge in [-0.2, -0.15) is 0 Å². The van der Waals surface area contributed by atoms with E-state index in [4.69, 9.17) is 10.6 Å². The van der Waals surface area contributed by atoms with Crippen LogP contribution in [0.25, 0.3) is 10.4 Å². The van der Waals surface area contributed by atoms with Gasteiger partial charge in [0.2, 0.25) is 0 Å². The van der Waals surface area contributed by atoms with E-state index in [9.17, 15) is 4.79 Å². The van der Waals surface area contributed by atoms with E-state index in [0.717, 1.165) is 3.58 Å². The number of nitrogens with zero attached hydrogens (tertiary/aromatic N) is 3. The van der Waals surface area contributed by atoms with E-state index >= 15 is 0 Å². The molecule has 0 saturated heterocycles. The molecule has 0 aliphatic heterocycles. The van der Waals surface area contributed by atoms with Crippen molar-refractivity contribution in [2.75, 3.05) is 0 Å². The summed E-state index contributed by atoms with van der Waals surface area (Å²) in [5.41, 5.74) is 8.59. The second-order valence-electron chi connectivity index (χ2n) is 4.48. The molecule has 16 heavy (non-hydrogen) atoms. The first kappa shape index (κ1) is 12.9. The molecule has 1 aromatic carbocycles. The topological polar surface area (TPSA) is 86.1 Å². The van der Waals surface area contributed by atoms with Crippen molar-refractivity contribution in [2.45, 2.75) is 14.8 Å². The van der Waals surface area contributed by atoms with Crippen molar-refractivity contribution >= 4 is 33.6 Å². The molecule has 0 atom stereocenters. The zero-order valence-electron chi connectivity index (χ0n) is 9.43. The summed E-state index contributed by atoms with van der Waals surface area (Å²) in [4.78, 5) is 20.2. The molecule has 0 bridgehead atoms. The van der Waals surface area contributed by atoms with Crippen molar-refractivity contribution in [3.8, 4) is 0 Å². The van der Waals surface area contributed by atoms with Crippen LogP contribution in [0.3, 0.4) is 0 Å². The summed E-state index contributed by atoms with van der Waals surface area (Å²) < 4.78 is 1.10. The molecule has 0 radical (unpaired) electrons. The first-order chi connectivity index (χ1) is 7.36. The molecule has 0 saturated carbocycles. The molecule has 0 spiro atoms. The molecule has 1 N–H and O–H groups in total. The third kappa shape index (κ3) is 2.90. The number of rotatable bonds is 3. The monoisotopic (exact) mass is 327 g/mol. The van der Waals surface area contributed by atoms with Crippen molar-refractivity contribution < 1.29 is 9.90 Å². The van der Waals surface area contributed by atoms with Crippen molar-refractivity contribution in [3.05, 3.63) is 34.2 Å². The molecular formula is C10H13N3O2Sn. The Labute approximate surface area is 97.6 Å². The van der Waals surface area contributed by atoms with Crippen LogP contribution < -0.4 is 3.58 Å². The van der Waals surface area contributed by atoms with Gasteiger partial charge in [-0.3, -0.25) is 0 Å². The van der Waals surface area contributed by atoms with E-state index in [1.54, 1.807) is 12.1 Å². The molecule has 0 heterocycles. The molecule has 0 aliphatic rings. The van der Waals surface area contributed by atoms with Crippen LogP contribution in [-0.4, -0.2) is 29.5 Å². The SMILES string of the molecule is [CH3][Sn]([CH3])([CH3])[c]1ccc(N=[N+]=[N-])c(C(=O)O)c1. The number of hydrogen-bond donors (Lipinski definition) is 1. The predicted molar refractivity (Wildman–Crippen MR) is 65.2 cm³/mol. The van der Waals surface area contributed by atoms with Crippen molar-refractivity contribution in [2.24, 2.45) is 5.11 Å². The molecule has 6 heteroatoms. The van der Waals surface area contributed by atoms with Crippen LogP contribution in [0.4, 0.5) is 5.69 Å². The van der Waals surface area contributed by atoms with E-state index in [2.05, 4.69) is 24.8 Å². The number of hydrogen-bond acceptors (Lipinski definition) is 2. The summed E-state index contributed by atoms with van der Waals surface area (Å²) in [7, 11) is 0. The molecule has 5 nitrogen and oxygen atoms in total. The fourth-order valence-corrected chi connectivity index (χ4v) is 4.62. The number of carboxylic acids is 1. The molecule has 0 aromatic heterocycles. The van der Waals surface area contributed by atoms with Gasteiger partial charge in [-0.1, -0.05) is 0 Å². The number of azide groups is 1. The van der Waals surface area contributed by atoms with Crippen LogP contribution in [0.1, 0.15) is 10.4 Å². The van der Waals surface area contributed by atoms with Gasteiger partial charge in [0.1, 0.15) is 0 Å². The summed E-state index contributed by atoms with van der Waals surface area (Å²) in [6, 6.07) is 5.09. The van der Waals surface area contributed by atoms with E-state index in [1.165, 1.54) is 0 Å². The molecule has 1 rings (SSSR count). The molecule has 1 aromatic rings. The Morgan fingerprint density at radius 3 is 2.50 bits per heavy atom. The zero-order valence-corrected chi connectivity index (χ0v) is 12.3. The minimum atomic E-state index is -2.28. The Kier molecular flexibility index (Phi) is 3.83. The minimum absolute atomic E-state index is 0.0851. The van der Waals surface area contributed by atoms with Crippen molar-refractivity contribution in [3.63, 3.8) is 0 Å². The average Bonchev–Trinajstić information content (AvgIpc) is 2.16. The normalized spacial score (nSPS) is 10.7. The van der Waals surface area contributed by atoms with Crippen LogP contribution in [0.2, 0.25) is 14.8 Å². The molecule has 0 fully saturated rings. The second-order valence-corrected chi connectivity index (χ2v) is 19.0. The predicted octanol–water partition coefficient (Wildman–Crippen LogP) is 2.87. The van der Waals surface area contributed by atoms with Gasteiger partial charge < -0.3 is 0 Å². The Morgan fingerprint density at radius 1 is 1.44 bits per heavy atom. The number of carboxylic acid groups (broad SMARTS) is 1. The molecule has 0 unspecified atom stereocenters. The van der Waals surface area contributed by atoms with Crippen molar-refractivity contribution in [1.82, 2.24) is 0 Å². The Morgan fingerprint density at radius 2 is 2.06 bits per heavy atom. The van der Waals surface area contributed by atoms with E-state index < -0.39 is 24.3 Å².